The molecule has 0 saturated heterocycles. The molecule has 1 aromatic heterocycles. The van der Waals surface area contributed by atoms with Crippen LogP contribution in [0.2, 0.25) is 0 Å². The minimum atomic E-state index is -4.43. The van der Waals surface area contributed by atoms with Crippen molar-refractivity contribution in [1.29, 1.82) is 0 Å². The Balaban J connectivity index is 0.00000512. The van der Waals surface area contributed by atoms with Gasteiger partial charge in [-0.3, -0.25) is 4.98 Å². The van der Waals surface area contributed by atoms with E-state index in [2.05, 4.69) is 30.7 Å². The molecule has 0 fully saturated rings. The molecule has 2 rings (SSSR count). The molecular weight excluding hydrogens is 511 g/mol. The number of hydrogen-bond donors (Lipinski definition) is 2. The second-order valence-corrected chi connectivity index (χ2v) is 6.58. The van der Waals surface area contributed by atoms with Crippen molar-refractivity contribution in [3.8, 4) is 0 Å². The fourth-order valence-corrected chi connectivity index (χ4v) is 2.48. The van der Waals surface area contributed by atoms with E-state index in [1.165, 1.54) is 0 Å². The fourth-order valence-electron chi connectivity index (χ4n) is 2.18. The maximum absolute atomic E-state index is 12.4. The van der Waals surface area contributed by atoms with Crippen LogP contribution in [-0.4, -0.2) is 46.0 Å². The molecule has 1 heterocycles. The summed E-state index contributed by atoms with van der Waals surface area (Å²) in [5, 5.41) is 20.7. The predicted octanol–water partition coefficient (Wildman–Crippen LogP) is 2.75. The number of amidine groups is 2. The molecule has 2 N–H and O–H groups in total. The molecule has 0 aliphatic rings. The normalized spacial score (nSPS) is 13.4. The zero-order chi connectivity index (χ0) is 22.7. The summed E-state index contributed by atoms with van der Waals surface area (Å²) in [6.45, 7) is 1.11. The third kappa shape index (κ3) is 9.69. The van der Waals surface area contributed by atoms with Gasteiger partial charge in [0.15, 0.2) is 0 Å². The number of nitrogens with one attached hydrogen (secondary N) is 2. The monoisotopic (exact) mass is 528 g/mol. The van der Waals surface area contributed by atoms with Gasteiger partial charge in [0.05, 0.1) is 0 Å². The van der Waals surface area contributed by atoms with E-state index >= 15 is 0 Å². The van der Waals surface area contributed by atoms with Crippen LogP contribution >= 0.6 is 0 Å². The first-order valence-corrected chi connectivity index (χ1v) is 9.77. The topological polar surface area (TPSA) is 86.4 Å². The van der Waals surface area contributed by atoms with Crippen LogP contribution in [0.3, 0.4) is 0 Å². The maximum atomic E-state index is 12.4. The Bertz CT molecular complexity index is 966. The van der Waals surface area contributed by atoms with Crippen LogP contribution in [0.5, 0.6) is 0 Å². The third-order valence-corrected chi connectivity index (χ3v) is 3.93. The number of hydrogen-bond acceptors (Lipinski definition) is 7. The van der Waals surface area contributed by atoms with Crippen LogP contribution in [0, 0.1) is 0 Å². The Morgan fingerprint density at radius 3 is 1.84 bits per heavy atom. The molecule has 2 aromatic rings. The van der Waals surface area contributed by atoms with Crippen LogP contribution in [-0.2, 0) is 42.3 Å². The van der Waals surface area contributed by atoms with E-state index in [1.54, 1.807) is 48.8 Å². The molecule has 173 valence electrons. The zero-order valence-electron chi connectivity index (χ0n) is 16.6. The smallest absolute Gasteiger partial charge is 0.741 e. The fraction of sp³-hybridized carbons (Fsp3) is 0.211. The average molecular weight is 529 g/mol. The molecular formula is C19H18CuF3N7S2. The van der Waals surface area contributed by atoms with E-state index in [-0.39, 0.29) is 33.7 Å². The minimum Gasteiger partial charge on any atom is -0.741 e. The summed E-state index contributed by atoms with van der Waals surface area (Å²) >= 11 is 9.95. The predicted molar refractivity (Wildman–Crippen MR) is 121 cm³/mol. The Hall–Kier alpha value is -2.60. The molecule has 0 spiro atoms. The zero-order valence-corrected chi connectivity index (χ0v) is 19.2. The van der Waals surface area contributed by atoms with Gasteiger partial charge in [0.2, 0.25) is 0 Å². The summed E-state index contributed by atoms with van der Waals surface area (Å²) in [4.78, 5) is 3.98. The summed E-state index contributed by atoms with van der Waals surface area (Å²) < 4.78 is 37.2. The van der Waals surface area contributed by atoms with Crippen molar-refractivity contribution in [1.82, 2.24) is 15.6 Å². The molecule has 7 nitrogen and oxygen atoms in total. The molecule has 1 aromatic carbocycles. The number of aromatic nitrogens is 1. The summed E-state index contributed by atoms with van der Waals surface area (Å²) in [5.74, 6) is 0. The summed E-state index contributed by atoms with van der Waals surface area (Å²) in [6.07, 6.45) is -1.32. The molecule has 13 heteroatoms. The molecule has 0 saturated carbocycles. The maximum Gasteiger partial charge on any atom is 2.00 e. The van der Waals surface area contributed by atoms with Crippen molar-refractivity contribution in [3.05, 3.63) is 66.0 Å². The van der Waals surface area contributed by atoms with Crippen molar-refractivity contribution < 1.29 is 30.2 Å². The van der Waals surface area contributed by atoms with Crippen molar-refractivity contribution in [3.63, 3.8) is 0 Å². The SMILES string of the molecule is CCNC([S-])=NN=C(C(=NN=C([S-])NCC(F)(F)F)c1ccccc1)c1ccncc1.[Cu+2]. The van der Waals surface area contributed by atoms with Gasteiger partial charge in [0.25, 0.3) is 0 Å². The number of pyridine rings is 1. The number of benzene rings is 1. The Morgan fingerprint density at radius 1 is 0.844 bits per heavy atom. The van der Waals surface area contributed by atoms with Crippen LogP contribution in [0.15, 0.2) is 75.3 Å². The molecule has 0 bridgehead atoms. The van der Waals surface area contributed by atoms with E-state index < -0.39 is 17.9 Å². The van der Waals surface area contributed by atoms with Gasteiger partial charge in [-0.05, 0) is 29.4 Å². The summed E-state index contributed by atoms with van der Waals surface area (Å²) in [5.41, 5.74) is 1.73. The van der Waals surface area contributed by atoms with E-state index in [9.17, 15) is 13.2 Å². The number of rotatable bonds is 7. The van der Waals surface area contributed by atoms with E-state index in [0.717, 1.165) is 0 Å². The molecule has 1 radical (unpaired) electrons. The molecule has 0 unspecified atom stereocenters. The van der Waals surface area contributed by atoms with Gasteiger partial charge in [0, 0.05) is 30.1 Å². The third-order valence-electron chi connectivity index (χ3n) is 3.47. The largest absolute Gasteiger partial charge is 2.00 e. The molecule has 0 aliphatic heterocycles. The first-order valence-electron chi connectivity index (χ1n) is 8.96. The van der Waals surface area contributed by atoms with Crippen molar-refractivity contribution >= 4 is 47.0 Å². The van der Waals surface area contributed by atoms with Crippen molar-refractivity contribution in [2.45, 2.75) is 13.1 Å². The summed E-state index contributed by atoms with van der Waals surface area (Å²) in [7, 11) is 0. The molecule has 0 amide bonds. The quantitative estimate of drug-likeness (QED) is 0.190. The van der Waals surface area contributed by atoms with Crippen molar-refractivity contribution in [2.75, 3.05) is 13.1 Å². The number of nitrogens with zero attached hydrogens (tertiary/aromatic N) is 5. The second-order valence-electron chi connectivity index (χ2n) is 5.81. The van der Waals surface area contributed by atoms with E-state index in [0.29, 0.717) is 17.7 Å². The van der Waals surface area contributed by atoms with Crippen LogP contribution in [0.4, 0.5) is 13.2 Å². The minimum absolute atomic E-state index is 0. The Kier molecular flexibility index (Phi) is 11.8. The van der Waals surface area contributed by atoms with Crippen LogP contribution < -0.4 is 10.6 Å². The molecule has 0 aliphatic carbocycles. The molecule has 32 heavy (non-hydrogen) atoms. The first-order chi connectivity index (χ1) is 14.8. The average Bonchev–Trinajstić information content (AvgIpc) is 2.75. The standard InChI is InChI=1S/C19H20F3N7S2.Cu/c1-2-24-17(30)28-27-16(14-8-10-23-11-9-14)15(13-6-4-3-5-7-13)26-29-18(31)25-12-19(20,21)22;/h3-11H,2,12H2,1H3,(H2,24,28,30)(H2,25,29,31);/q;+2/p-2. The van der Waals surface area contributed by atoms with Gasteiger partial charge < -0.3 is 35.9 Å². The van der Waals surface area contributed by atoms with E-state index in [1.807, 2.05) is 18.3 Å². The van der Waals surface area contributed by atoms with E-state index in [4.69, 9.17) is 25.3 Å². The first kappa shape index (κ1) is 27.4. The number of alkyl halides is 3. The molecule has 0 atom stereocenters. The van der Waals surface area contributed by atoms with Crippen LogP contribution in [0.1, 0.15) is 18.1 Å². The number of halogens is 3. The van der Waals surface area contributed by atoms with Crippen LogP contribution in [0.25, 0.3) is 0 Å². The van der Waals surface area contributed by atoms with Crippen molar-refractivity contribution in [2.24, 2.45) is 20.4 Å². The second kappa shape index (κ2) is 13.7. The van der Waals surface area contributed by atoms with Gasteiger partial charge in [-0.15, -0.1) is 10.2 Å². The van der Waals surface area contributed by atoms with Gasteiger partial charge in [-0.2, -0.15) is 23.4 Å². The Morgan fingerprint density at radius 2 is 1.34 bits per heavy atom. The van der Waals surface area contributed by atoms with Gasteiger partial charge in [0.1, 0.15) is 18.0 Å². The van der Waals surface area contributed by atoms with Gasteiger partial charge in [-0.25, -0.2) is 0 Å². The summed E-state index contributed by atoms with van der Waals surface area (Å²) in [6, 6.07) is 12.2. The van der Waals surface area contributed by atoms with Gasteiger partial charge >= 0.3 is 23.2 Å². The Labute approximate surface area is 205 Å². The van der Waals surface area contributed by atoms with Gasteiger partial charge in [-0.1, -0.05) is 30.3 Å².